The summed E-state index contributed by atoms with van der Waals surface area (Å²) in [5.74, 6) is -0.0353. The molecule has 0 unspecified atom stereocenters. The van der Waals surface area contributed by atoms with Crippen LogP contribution >= 0.6 is 0 Å². The van der Waals surface area contributed by atoms with Crippen molar-refractivity contribution in [1.82, 2.24) is 20.3 Å². The van der Waals surface area contributed by atoms with Crippen molar-refractivity contribution in [2.45, 2.75) is 20.8 Å². The van der Waals surface area contributed by atoms with Gasteiger partial charge in [-0.15, -0.1) is 0 Å². The quantitative estimate of drug-likeness (QED) is 0.916. The molecule has 1 aliphatic rings. The summed E-state index contributed by atoms with van der Waals surface area (Å²) in [6, 6.07) is 6.38. The fourth-order valence-electron chi connectivity index (χ4n) is 2.86. The third-order valence-corrected chi connectivity index (χ3v) is 4.41. The summed E-state index contributed by atoms with van der Waals surface area (Å²) < 4.78 is 0. The maximum absolute atomic E-state index is 12.4. The van der Waals surface area contributed by atoms with E-state index in [-0.39, 0.29) is 5.91 Å². The predicted octanol–water partition coefficient (Wildman–Crippen LogP) is 1.69. The number of aromatic nitrogens is 3. The van der Waals surface area contributed by atoms with Gasteiger partial charge in [0.05, 0.1) is 5.69 Å². The number of anilines is 1. The lowest BCUT2D eigenvalue weighted by molar-refractivity contribution is 0.0740. The Labute approximate surface area is 130 Å². The molecule has 1 aliphatic heterocycles. The van der Waals surface area contributed by atoms with E-state index in [2.05, 4.69) is 52.4 Å². The van der Waals surface area contributed by atoms with Gasteiger partial charge >= 0.3 is 0 Å². The van der Waals surface area contributed by atoms with Gasteiger partial charge in [-0.25, -0.2) is 0 Å². The van der Waals surface area contributed by atoms with Crippen molar-refractivity contribution >= 4 is 11.6 Å². The van der Waals surface area contributed by atoms with E-state index in [9.17, 15) is 4.79 Å². The molecule has 6 nitrogen and oxygen atoms in total. The number of benzene rings is 1. The number of nitrogens with one attached hydrogen (secondary N) is 1. The first-order chi connectivity index (χ1) is 10.6. The van der Waals surface area contributed by atoms with E-state index in [0.29, 0.717) is 24.5 Å². The van der Waals surface area contributed by atoms with Gasteiger partial charge in [-0.2, -0.15) is 15.4 Å². The van der Waals surface area contributed by atoms with Gasteiger partial charge in [0.15, 0.2) is 5.69 Å². The van der Waals surface area contributed by atoms with Crippen molar-refractivity contribution in [3.05, 3.63) is 40.7 Å². The van der Waals surface area contributed by atoms with Crippen LogP contribution in [0.15, 0.2) is 18.2 Å². The van der Waals surface area contributed by atoms with Gasteiger partial charge < -0.3 is 9.80 Å². The average molecular weight is 299 g/mol. The molecule has 0 aliphatic carbocycles. The number of piperazine rings is 1. The lowest BCUT2D eigenvalue weighted by Crippen LogP contribution is -2.49. The third-order valence-electron chi connectivity index (χ3n) is 4.41. The molecule has 0 saturated carbocycles. The van der Waals surface area contributed by atoms with Crippen LogP contribution in [0.2, 0.25) is 0 Å². The first-order valence-electron chi connectivity index (χ1n) is 7.55. The number of rotatable bonds is 2. The number of amides is 1. The van der Waals surface area contributed by atoms with Gasteiger partial charge in [-0.1, -0.05) is 12.1 Å². The smallest absolute Gasteiger partial charge is 0.276 e. The summed E-state index contributed by atoms with van der Waals surface area (Å²) in [5.41, 5.74) is 4.97. The maximum Gasteiger partial charge on any atom is 0.276 e. The molecule has 1 fully saturated rings. The molecule has 116 valence electrons. The van der Waals surface area contributed by atoms with Gasteiger partial charge in [-0.3, -0.25) is 4.79 Å². The van der Waals surface area contributed by atoms with Crippen LogP contribution in [0.4, 0.5) is 5.69 Å². The molecular weight excluding hydrogens is 278 g/mol. The fraction of sp³-hybridized carbons (Fsp3) is 0.438. The lowest BCUT2D eigenvalue weighted by Gasteiger charge is -2.36. The molecule has 1 aromatic heterocycles. The number of nitrogens with zero attached hydrogens (tertiary/aromatic N) is 4. The molecular formula is C16H21N5O. The van der Waals surface area contributed by atoms with Crippen molar-refractivity contribution in [2.24, 2.45) is 0 Å². The van der Waals surface area contributed by atoms with Gasteiger partial charge in [0, 0.05) is 31.9 Å². The Morgan fingerprint density at radius 3 is 2.45 bits per heavy atom. The van der Waals surface area contributed by atoms with Crippen molar-refractivity contribution in [3.63, 3.8) is 0 Å². The standard InChI is InChI=1S/C16H21N5O/c1-11-5-4-6-14(12(11)2)20-7-9-21(10-8-20)16(22)15-13(3)17-19-18-15/h4-6H,7-10H2,1-3H3,(H,17,18,19). The zero-order valence-corrected chi connectivity index (χ0v) is 13.3. The van der Waals surface area contributed by atoms with Crippen LogP contribution in [0.1, 0.15) is 27.3 Å². The zero-order valence-electron chi connectivity index (χ0n) is 13.3. The van der Waals surface area contributed by atoms with Crippen molar-refractivity contribution in [3.8, 4) is 0 Å². The van der Waals surface area contributed by atoms with E-state index in [1.54, 1.807) is 6.92 Å². The molecule has 0 radical (unpaired) electrons. The van der Waals surface area contributed by atoms with Gasteiger partial charge in [0.25, 0.3) is 5.91 Å². The number of carbonyl (C=O) groups excluding carboxylic acids is 1. The highest BCUT2D eigenvalue weighted by molar-refractivity contribution is 5.93. The summed E-state index contributed by atoms with van der Waals surface area (Å²) in [6.45, 7) is 9.17. The highest BCUT2D eigenvalue weighted by Gasteiger charge is 2.25. The van der Waals surface area contributed by atoms with Crippen LogP contribution < -0.4 is 4.90 Å². The Kier molecular flexibility index (Phi) is 3.83. The van der Waals surface area contributed by atoms with Crippen molar-refractivity contribution < 1.29 is 4.79 Å². The second-order valence-electron chi connectivity index (χ2n) is 5.76. The first-order valence-corrected chi connectivity index (χ1v) is 7.55. The Balaban J connectivity index is 1.69. The van der Waals surface area contributed by atoms with Crippen molar-refractivity contribution in [2.75, 3.05) is 31.1 Å². The Hall–Kier alpha value is -2.37. The second kappa shape index (κ2) is 5.79. The maximum atomic E-state index is 12.4. The van der Waals surface area contributed by atoms with Crippen LogP contribution in [0.25, 0.3) is 0 Å². The Morgan fingerprint density at radius 1 is 1.09 bits per heavy atom. The number of H-pyrrole nitrogens is 1. The number of aromatic amines is 1. The van der Waals surface area contributed by atoms with E-state index in [1.807, 2.05) is 4.90 Å². The topological polar surface area (TPSA) is 65.1 Å². The zero-order chi connectivity index (χ0) is 15.7. The van der Waals surface area contributed by atoms with Gasteiger partial charge in [0.1, 0.15) is 0 Å². The monoisotopic (exact) mass is 299 g/mol. The van der Waals surface area contributed by atoms with Crippen molar-refractivity contribution in [1.29, 1.82) is 0 Å². The highest BCUT2D eigenvalue weighted by Crippen LogP contribution is 2.24. The minimum absolute atomic E-state index is 0.0353. The second-order valence-corrected chi connectivity index (χ2v) is 5.76. The van der Waals surface area contributed by atoms with E-state index in [0.717, 1.165) is 13.1 Å². The summed E-state index contributed by atoms with van der Waals surface area (Å²) in [5, 5.41) is 10.4. The number of hydrogen-bond donors (Lipinski definition) is 1. The van der Waals surface area contributed by atoms with E-state index < -0.39 is 0 Å². The van der Waals surface area contributed by atoms with Gasteiger partial charge in [0.2, 0.25) is 0 Å². The van der Waals surface area contributed by atoms with Crippen LogP contribution in [-0.4, -0.2) is 52.4 Å². The molecule has 0 atom stereocenters. The summed E-state index contributed by atoms with van der Waals surface area (Å²) >= 11 is 0. The molecule has 22 heavy (non-hydrogen) atoms. The number of hydrogen-bond acceptors (Lipinski definition) is 4. The number of carbonyl (C=O) groups is 1. The van der Waals surface area contributed by atoms with Gasteiger partial charge in [-0.05, 0) is 38.0 Å². The molecule has 6 heteroatoms. The molecule has 2 aromatic rings. The van der Waals surface area contributed by atoms with E-state index in [1.165, 1.54) is 16.8 Å². The van der Waals surface area contributed by atoms with E-state index in [4.69, 9.17) is 0 Å². The minimum atomic E-state index is -0.0353. The predicted molar refractivity (Wildman–Crippen MR) is 85.2 cm³/mol. The molecule has 3 rings (SSSR count). The summed E-state index contributed by atoms with van der Waals surface area (Å²) in [6.07, 6.45) is 0. The van der Waals surface area contributed by atoms with Crippen LogP contribution in [-0.2, 0) is 0 Å². The Morgan fingerprint density at radius 2 is 1.82 bits per heavy atom. The van der Waals surface area contributed by atoms with Crippen LogP contribution in [0.3, 0.4) is 0 Å². The number of aryl methyl sites for hydroxylation is 2. The third kappa shape index (κ3) is 2.56. The lowest BCUT2D eigenvalue weighted by atomic mass is 10.1. The average Bonchev–Trinajstić information content (AvgIpc) is 2.96. The first kappa shape index (κ1) is 14.6. The molecule has 1 amide bonds. The van der Waals surface area contributed by atoms with Crippen LogP contribution in [0.5, 0.6) is 0 Å². The highest BCUT2D eigenvalue weighted by atomic mass is 16.2. The van der Waals surface area contributed by atoms with Crippen LogP contribution in [0, 0.1) is 20.8 Å². The normalized spacial score (nSPS) is 15.2. The molecule has 0 spiro atoms. The summed E-state index contributed by atoms with van der Waals surface area (Å²) in [4.78, 5) is 16.6. The summed E-state index contributed by atoms with van der Waals surface area (Å²) in [7, 11) is 0. The fourth-order valence-corrected chi connectivity index (χ4v) is 2.86. The SMILES string of the molecule is Cc1cccc(N2CCN(C(=O)c3n[nH]nc3C)CC2)c1C. The Bertz CT molecular complexity index is 686. The molecule has 1 saturated heterocycles. The molecule has 1 aromatic carbocycles. The van der Waals surface area contributed by atoms with E-state index >= 15 is 0 Å². The largest absolute Gasteiger partial charge is 0.368 e. The minimum Gasteiger partial charge on any atom is -0.368 e. The molecule has 1 N–H and O–H groups in total. The molecule has 0 bridgehead atoms. The molecule has 2 heterocycles.